The molecular formula is C22H37N3O3. The van der Waals surface area contributed by atoms with E-state index in [1.54, 1.807) is 0 Å². The zero-order valence-corrected chi connectivity index (χ0v) is 17.5. The zero-order chi connectivity index (χ0) is 19.9. The molecule has 1 aliphatic heterocycles. The highest BCUT2D eigenvalue weighted by molar-refractivity contribution is 5.79. The van der Waals surface area contributed by atoms with Crippen molar-refractivity contribution in [3.05, 3.63) is 35.4 Å². The number of unbranched alkanes of at least 4 members (excludes halogenated alkanes) is 1. The summed E-state index contributed by atoms with van der Waals surface area (Å²) in [5.41, 5.74) is 2.40. The summed E-state index contributed by atoms with van der Waals surface area (Å²) < 4.78 is 16.8. The van der Waals surface area contributed by atoms with E-state index in [1.807, 2.05) is 6.92 Å². The normalized spacial score (nSPS) is 15.6. The Balaban J connectivity index is 1.77. The molecule has 0 spiro atoms. The van der Waals surface area contributed by atoms with Gasteiger partial charge in [0.15, 0.2) is 5.96 Å². The Bertz CT molecular complexity index is 560. The van der Waals surface area contributed by atoms with E-state index in [4.69, 9.17) is 19.2 Å². The van der Waals surface area contributed by atoms with Crippen LogP contribution in [0.4, 0.5) is 0 Å². The molecule has 6 heteroatoms. The largest absolute Gasteiger partial charge is 0.382 e. The van der Waals surface area contributed by atoms with Crippen LogP contribution < -0.4 is 10.6 Å². The average molecular weight is 392 g/mol. The lowest BCUT2D eigenvalue weighted by molar-refractivity contribution is -0.0390. The van der Waals surface area contributed by atoms with E-state index >= 15 is 0 Å². The summed E-state index contributed by atoms with van der Waals surface area (Å²) >= 11 is 0. The number of rotatable bonds is 12. The molecule has 0 radical (unpaired) electrons. The Kier molecular flexibility index (Phi) is 11.6. The molecular weight excluding hydrogens is 354 g/mol. The van der Waals surface area contributed by atoms with Crippen LogP contribution in [-0.4, -0.2) is 51.6 Å². The van der Waals surface area contributed by atoms with Gasteiger partial charge >= 0.3 is 0 Å². The highest BCUT2D eigenvalue weighted by atomic mass is 16.5. The molecule has 0 saturated carbocycles. The van der Waals surface area contributed by atoms with Gasteiger partial charge in [0.25, 0.3) is 0 Å². The van der Waals surface area contributed by atoms with Crippen molar-refractivity contribution in [1.82, 2.24) is 10.6 Å². The van der Waals surface area contributed by atoms with Gasteiger partial charge in [-0.3, -0.25) is 0 Å². The van der Waals surface area contributed by atoms with E-state index in [2.05, 4.69) is 41.8 Å². The second-order valence-electron chi connectivity index (χ2n) is 6.97. The van der Waals surface area contributed by atoms with Crippen molar-refractivity contribution in [2.75, 3.05) is 39.5 Å². The predicted octanol–water partition coefficient (Wildman–Crippen LogP) is 3.25. The van der Waals surface area contributed by atoms with Gasteiger partial charge in [-0.05, 0) is 50.7 Å². The Hall–Kier alpha value is -1.63. The van der Waals surface area contributed by atoms with Gasteiger partial charge in [0, 0.05) is 39.5 Å². The lowest BCUT2D eigenvalue weighted by Crippen LogP contribution is -2.37. The minimum absolute atomic E-state index is 0.322. The number of guanidine groups is 1. The Labute approximate surface area is 170 Å². The lowest BCUT2D eigenvalue weighted by atomic mass is 10.1. The third kappa shape index (κ3) is 9.53. The summed E-state index contributed by atoms with van der Waals surface area (Å²) in [5, 5.41) is 6.71. The van der Waals surface area contributed by atoms with Gasteiger partial charge in [-0.15, -0.1) is 0 Å². The molecule has 1 aromatic rings. The first-order chi connectivity index (χ1) is 13.8. The molecule has 1 fully saturated rings. The highest BCUT2D eigenvalue weighted by Crippen LogP contribution is 2.14. The van der Waals surface area contributed by atoms with Crippen molar-refractivity contribution >= 4 is 5.96 Å². The van der Waals surface area contributed by atoms with E-state index in [9.17, 15) is 0 Å². The third-order valence-electron chi connectivity index (χ3n) is 4.62. The molecule has 0 unspecified atom stereocenters. The first-order valence-corrected chi connectivity index (χ1v) is 10.7. The van der Waals surface area contributed by atoms with E-state index in [1.165, 1.54) is 11.1 Å². The number of aliphatic imine (C=N–C) groups is 1. The van der Waals surface area contributed by atoms with Crippen LogP contribution in [-0.2, 0) is 27.4 Å². The molecule has 0 amide bonds. The number of benzene rings is 1. The van der Waals surface area contributed by atoms with Gasteiger partial charge in [-0.2, -0.15) is 0 Å². The van der Waals surface area contributed by atoms with Gasteiger partial charge in [-0.1, -0.05) is 24.3 Å². The predicted molar refractivity (Wildman–Crippen MR) is 114 cm³/mol. The van der Waals surface area contributed by atoms with Gasteiger partial charge < -0.3 is 24.8 Å². The summed E-state index contributed by atoms with van der Waals surface area (Å²) in [7, 11) is 0. The molecule has 6 nitrogen and oxygen atoms in total. The fourth-order valence-corrected chi connectivity index (χ4v) is 3.07. The first-order valence-electron chi connectivity index (χ1n) is 10.7. The molecule has 28 heavy (non-hydrogen) atoms. The number of hydrogen-bond donors (Lipinski definition) is 2. The monoisotopic (exact) mass is 391 g/mol. The van der Waals surface area contributed by atoms with E-state index in [0.717, 1.165) is 71.2 Å². The van der Waals surface area contributed by atoms with E-state index in [-0.39, 0.29) is 0 Å². The van der Waals surface area contributed by atoms with Crippen molar-refractivity contribution in [2.45, 2.75) is 58.8 Å². The Morgan fingerprint density at radius 3 is 2.75 bits per heavy atom. The maximum absolute atomic E-state index is 6.03. The quantitative estimate of drug-likeness (QED) is 0.325. The molecule has 0 atom stereocenters. The highest BCUT2D eigenvalue weighted by Gasteiger charge is 2.14. The lowest BCUT2D eigenvalue weighted by Gasteiger charge is -2.22. The van der Waals surface area contributed by atoms with Crippen LogP contribution in [0.2, 0.25) is 0 Å². The Morgan fingerprint density at radius 1 is 1.14 bits per heavy atom. The molecule has 1 aliphatic rings. The summed E-state index contributed by atoms with van der Waals surface area (Å²) in [6.45, 7) is 10.4. The molecule has 1 heterocycles. The standard InChI is InChI=1S/C22H37N3O3/c1-3-23-22(24-12-5-6-13-26-4-2)25-17-19-8-7-9-20(16-19)18-28-21-10-14-27-15-11-21/h7-9,16,21H,3-6,10-15,17-18H2,1-2H3,(H2,23,24,25). The minimum atomic E-state index is 0.322. The van der Waals surface area contributed by atoms with Crippen LogP contribution >= 0.6 is 0 Å². The maximum Gasteiger partial charge on any atom is 0.191 e. The van der Waals surface area contributed by atoms with Crippen LogP contribution in [0.25, 0.3) is 0 Å². The number of ether oxygens (including phenoxy) is 3. The fourth-order valence-electron chi connectivity index (χ4n) is 3.07. The van der Waals surface area contributed by atoms with Crippen molar-refractivity contribution in [2.24, 2.45) is 4.99 Å². The number of hydrogen-bond acceptors (Lipinski definition) is 4. The Morgan fingerprint density at radius 2 is 1.96 bits per heavy atom. The second-order valence-corrected chi connectivity index (χ2v) is 6.97. The number of nitrogens with zero attached hydrogens (tertiary/aromatic N) is 1. The maximum atomic E-state index is 6.03. The van der Waals surface area contributed by atoms with Gasteiger partial charge in [-0.25, -0.2) is 4.99 Å². The van der Waals surface area contributed by atoms with Crippen LogP contribution in [0.1, 0.15) is 50.7 Å². The van der Waals surface area contributed by atoms with Crippen LogP contribution in [0, 0.1) is 0 Å². The van der Waals surface area contributed by atoms with Crippen LogP contribution in [0.15, 0.2) is 29.3 Å². The summed E-state index contributed by atoms with van der Waals surface area (Å²) in [4.78, 5) is 4.71. The van der Waals surface area contributed by atoms with E-state index in [0.29, 0.717) is 19.3 Å². The molecule has 0 aromatic heterocycles. The van der Waals surface area contributed by atoms with Crippen molar-refractivity contribution in [1.29, 1.82) is 0 Å². The van der Waals surface area contributed by atoms with Crippen molar-refractivity contribution in [3.8, 4) is 0 Å². The fraction of sp³-hybridized carbons (Fsp3) is 0.682. The molecule has 2 rings (SSSR count). The summed E-state index contributed by atoms with van der Waals surface area (Å²) in [6.07, 6.45) is 4.44. The molecule has 158 valence electrons. The van der Waals surface area contributed by atoms with Gasteiger partial charge in [0.05, 0.1) is 19.3 Å². The summed E-state index contributed by atoms with van der Waals surface area (Å²) in [5.74, 6) is 0.864. The average Bonchev–Trinajstić information content (AvgIpc) is 2.74. The summed E-state index contributed by atoms with van der Waals surface area (Å²) in [6, 6.07) is 8.51. The molecule has 1 saturated heterocycles. The molecule has 0 bridgehead atoms. The van der Waals surface area contributed by atoms with Gasteiger partial charge in [0.2, 0.25) is 0 Å². The topological polar surface area (TPSA) is 64.1 Å². The molecule has 0 aliphatic carbocycles. The van der Waals surface area contributed by atoms with Crippen molar-refractivity contribution in [3.63, 3.8) is 0 Å². The third-order valence-corrected chi connectivity index (χ3v) is 4.62. The molecule has 1 aromatic carbocycles. The number of nitrogens with one attached hydrogen (secondary N) is 2. The van der Waals surface area contributed by atoms with Crippen LogP contribution in [0.3, 0.4) is 0 Å². The SMILES string of the molecule is CCNC(=NCc1cccc(COC2CCOCC2)c1)NCCCCOCC. The molecule has 2 N–H and O–H groups in total. The van der Waals surface area contributed by atoms with Crippen molar-refractivity contribution < 1.29 is 14.2 Å². The van der Waals surface area contributed by atoms with Gasteiger partial charge in [0.1, 0.15) is 0 Å². The smallest absolute Gasteiger partial charge is 0.191 e. The minimum Gasteiger partial charge on any atom is -0.382 e. The second kappa shape index (κ2) is 14.4. The first kappa shape index (κ1) is 22.7. The van der Waals surface area contributed by atoms with Crippen LogP contribution in [0.5, 0.6) is 0 Å². The zero-order valence-electron chi connectivity index (χ0n) is 17.5. The van der Waals surface area contributed by atoms with E-state index < -0.39 is 0 Å².